The standard InChI is InChI=1S/C24H28ClNO3/c25-22-8-5-19(6-9-22)16-28-17-20-7-10-23-21(13-20)15-26(11-12-29-23)24(27)14-18-3-1-2-4-18/h5-10,13,18H,1-4,11-12,14-17H2. The molecule has 5 heteroatoms. The van der Waals surface area contributed by atoms with E-state index in [1.807, 2.05) is 41.3 Å². The van der Waals surface area contributed by atoms with Crippen molar-refractivity contribution < 1.29 is 14.3 Å². The number of ether oxygens (including phenoxy) is 2. The van der Waals surface area contributed by atoms with Gasteiger partial charge in [0.15, 0.2) is 0 Å². The van der Waals surface area contributed by atoms with Crippen LogP contribution in [0.25, 0.3) is 0 Å². The Kier molecular flexibility index (Phi) is 6.73. The first-order chi connectivity index (χ1) is 14.2. The lowest BCUT2D eigenvalue weighted by molar-refractivity contribution is -0.132. The van der Waals surface area contributed by atoms with E-state index in [0.717, 1.165) is 27.5 Å². The van der Waals surface area contributed by atoms with Crippen LogP contribution in [0.2, 0.25) is 5.02 Å². The van der Waals surface area contributed by atoms with E-state index in [9.17, 15) is 4.79 Å². The molecule has 1 heterocycles. The predicted octanol–water partition coefficient (Wildman–Crippen LogP) is 5.36. The highest BCUT2D eigenvalue weighted by atomic mass is 35.5. The van der Waals surface area contributed by atoms with Gasteiger partial charge in [0.05, 0.1) is 19.8 Å². The van der Waals surface area contributed by atoms with Crippen LogP contribution in [0.15, 0.2) is 42.5 Å². The molecule has 1 saturated carbocycles. The van der Waals surface area contributed by atoms with Crippen LogP contribution < -0.4 is 4.74 Å². The van der Waals surface area contributed by atoms with Crippen LogP contribution in [0.1, 0.15) is 48.8 Å². The molecule has 2 aliphatic rings. The molecular weight excluding hydrogens is 386 g/mol. The summed E-state index contributed by atoms with van der Waals surface area (Å²) in [7, 11) is 0. The summed E-state index contributed by atoms with van der Waals surface area (Å²) in [4.78, 5) is 14.8. The van der Waals surface area contributed by atoms with Gasteiger partial charge in [-0.1, -0.05) is 42.6 Å². The molecule has 4 nitrogen and oxygen atoms in total. The van der Waals surface area contributed by atoms with Crippen molar-refractivity contribution in [1.29, 1.82) is 0 Å². The van der Waals surface area contributed by atoms with Crippen molar-refractivity contribution in [1.82, 2.24) is 4.90 Å². The average Bonchev–Trinajstić information content (AvgIpc) is 3.13. The largest absolute Gasteiger partial charge is 0.491 e. The highest BCUT2D eigenvalue weighted by molar-refractivity contribution is 6.30. The Labute approximate surface area is 177 Å². The van der Waals surface area contributed by atoms with E-state index in [1.54, 1.807) is 0 Å². The summed E-state index contributed by atoms with van der Waals surface area (Å²) in [6.45, 7) is 2.88. The van der Waals surface area contributed by atoms with Gasteiger partial charge >= 0.3 is 0 Å². The zero-order chi connectivity index (χ0) is 20.1. The van der Waals surface area contributed by atoms with Gasteiger partial charge < -0.3 is 14.4 Å². The average molecular weight is 414 g/mol. The predicted molar refractivity (Wildman–Crippen MR) is 114 cm³/mol. The van der Waals surface area contributed by atoms with Gasteiger partial charge in [-0.25, -0.2) is 0 Å². The fourth-order valence-electron chi connectivity index (χ4n) is 4.21. The van der Waals surface area contributed by atoms with Gasteiger partial charge in [0.2, 0.25) is 5.91 Å². The molecule has 0 bridgehead atoms. The van der Waals surface area contributed by atoms with Crippen LogP contribution in [0.5, 0.6) is 5.75 Å². The number of hydrogen-bond donors (Lipinski definition) is 0. The molecule has 0 atom stereocenters. The number of carbonyl (C=O) groups excluding carboxylic acids is 1. The number of benzene rings is 2. The van der Waals surface area contributed by atoms with Crippen LogP contribution in [0.3, 0.4) is 0 Å². The Morgan fingerprint density at radius 3 is 2.59 bits per heavy atom. The number of rotatable bonds is 6. The van der Waals surface area contributed by atoms with E-state index in [0.29, 0.717) is 45.2 Å². The van der Waals surface area contributed by atoms with Gasteiger partial charge in [-0.2, -0.15) is 0 Å². The second kappa shape index (κ2) is 9.64. The molecule has 0 N–H and O–H groups in total. The van der Waals surface area contributed by atoms with Crippen molar-refractivity contribution >= 4 is 17.5 Å². The molecule has 4 rings (SSSR count). The van der Waals surface area contributed by atoms with Gasteiger partial charge in [0, 0.05) is 23.6 Å². The van der Waals surface area contributed by atoms with E-state index in [2.05, 4.69) is 6.07 Å². The first-order valence-electron chi connectivity index (χ1n) is 10.5. The Bertz CT molecular complexity index is 831. The number of carbonyl (C=O) groups is 1. The zero-order valence-corrected chi connectivity index (χ0v) is 17.5. The van der Waals surface area contributed by atoms with Crippen LogP contribution >= 0.6 is 11.6 Å². The van der Waals surface area contributed by atoms with Gasteiger partial charge in [0.1, 0.15) is 12.4 Å². The van der Waals surface area contributed by atoms with Crippen molar-refractivity contribution in [2.45, 2.75) is 51.9 Å². The van der Waals surface area contributed by atoms with E-state index < -0.39 is 0 Å². The fourth-order valence-corrected chi connectivity index (χ4v) is 4.33. The summed E-state index contributed by atoms with van der Waals surface area (Å²) in [5, 5.41) is 0.728. The summed E-state index contributed by atoms with van der Waals surface area (Å²) in [6.07, 6.45) is 5.61. The minimum absolute atomic E-state index is 0.262. The molecule has 1 aliphatic heterocycles. The summed E-state index contributed by atoms with van der Waals surface area (Å²) in [5.41, 5.74) is 3.25. The summed E-state index contributed by atoms with van der Waals surface area (Å²) in [5.74, 6) is 1.71. The van der Waals surface area contributed by atoms with Gasteiger partial charge in [-0.05, 0) is 54.2 Å². The number of halogens is 1. The van der Waals surface area contributed by atoms with Crippen LogP contribution in [-0.2, 0) is 29.3 Å². The third kappa shape index (κ3) is 5.52. The number of amides is 1. The highest BCUT2D eigenvalue weighted by Crippen LogP contribution is 2.30. The first kappa shape index (κ1) is 20.2. The minimum atomic E-state index is 0.262. The lowest BCUT2D eigenvalue weighted by Crippen LogP contribution is -2.33. The lowest BCUT2D eigenvalue weighted by atomic mass is 10.0. The zero-order valence-electron chi connectivity index (χ0n) is 16.7. The second-order valence-corrected chi connectivity index (χ2v) is 8.52. The summed E-state index contributed by atoms with van der Waals surface area (Å²) >= 11 is 5.92. The summed E-state index contributed by atoms with van der Waals surface area (Å²) < 4.78 is 11.8. The van der Waals surface area contributed by atoms with Gasteiger partial charge in [0.25, 0.3) is 0 Å². The lowest BCUT2D eigenvalue weighted by Gasteiger charge is -2.22. The molecule has 1 amide bonds. The third-order valence-corrected chi connectivity index (χ3v) is 6.10. The van der Waals surface area contributed by atoms with Crippen LogP contribution in [0.4, 0.5) is 0 Å². The quantitative estimate of drug-likeness (QED) is 0.640. The van der Waals surface area contributed by atoms with Crippen molar-refractivity contribution in [2.24, 2.45) is 5.92 Å². The topological polar surface area (TPSA) is 38.8 Å². The molecule has 0 aromatic heterocycles. The van der Waals surface area contributed by atoms with E-state index in [-0.39, 0.29) is 5.91 Å². The maximum atomic E-state index is 12.8. The number of nitrogens with zero attached hydrogens (tertiary/aromatic N) is 1. The smallest absolute Gasteiger partial charge is 0.223 e. The first-order valence-corrected chi connectivity index (χ1v) is 10.9. The maximum absolute atomic E-state index is 12.8. The molecule has 29 heavy (non-hydrogen) atoms. The Balaban J connectivity index is 1.35. The SMILES string of the molecule is O=C(CC1CCCC1)N1CCOc2ccc(COCc3ccc(Cl)cc3)cc2C1. The highest BCUT2D eigenvalue weighted by Gasteiger charge is 2.24. The van der Waals surface area contributed by atoms with Crippen molar-refractivity contribution in [2.75, 3.05) is 13.2 Å². The monoisotopic (exact) mass is 413 g/mol. The third-order valence-electron chi connectivity index (χ3n) is 5.85. The van der Waals surface area contributed by atoms with Gasteiger partial charge in [-0.15, -0.1) is 0 Å². The molecular formula is C24H28ClNO3. The molecule has 2 aromatic rings. The molecule has 0 spiro atoms. The Morgan fingerprint density at radius 1 is 1.07 bits per heavy atom. The normalized spacial score (nSPS) is 16.9. The Morgan fingerprint density at radius 2 is 1.79 bits per heavy atom. The molecule has 1 fully saturated rings. The maximum Gasteiger partial charge on any atom is 0.223 e. The van der Waals surface area contributed by atoms with E-state index in [4.69, 9.17) is 21.1 Å². The Hall–Kier alpha value is -2.04. The van der Waals surface area contributed by atoms with Gasteiger partial charge in [-0.3, -0.25) is 4.79 Å². The van der Waals surface area contributed by atoms with Crippen molar-refractivity contribution in [3.05, 3.63) is 64.2 Å². The minimum Gasteiger partial charge on any atom is -0.491 e. The molecule has 0 unspecified atom stereocenters. The molecule has 154 valence electrons. The molecule has 0 saturated heterocycles. The number of fused-ring (bicyclic) bond motifs is 1. The number of hydrogen-bond acceptors (Lipinski definition) is 3. The molecule has 0 radical (unpaired) electrons. The van der Waals surface area contributed by atoms with E-state index in [1.165, 1.54) is 25.7 Å². The summed E-state index contributed by atoms with van der Waals surface area (Å²) in [6, 6.07) is 13.8. The molecule has 2 aromatic carbocycles. The van der Waals surface area contributed by atoms with Crippen LogP contribution in [0, 0.1) is 5.92 Å². The second-order valence-electron chi connectivity index (χ2n) is 8.08. The fraction of sp³-hybridized carbons (Fsp3) is 0.458. The van der Waals surface area contributed by atoms with Crippen molar-refractivity contribution in [3.8, 4) is 5.75 Å². The van der Waals surface area contributed by atoms with Crippen molar-refractivity contribution in [3.63, 3.8) is 0 Å². The van der Waals surface area contributed by atoms with Crippen LogP contribution in [-0.4, -0.2) is 24.0 Å². The molecule has 1 aliphatic carbocycles. The van der Waals surface area contributed by atoms with E-state index >= 15 is 0 Å².